The number of fused-ring (bicyclic) bond motifs is 1. The number of alkyl halides is 1. The summed E-state index contributed by atoms with van der Waals surface area (Å²) < 4.78 is 5.27. The summed E-state index contributed by atoms with van der Waals surface area (Å²) in [4.78, 5) is 0. The Bertz CT molecular complexity index is 746. The van der Waals surface area contributed by atoms with Gasteiger partial charge in [-0.15, -0.1) is 11.6 Å². The molecular formula is C19H17ClO. The monoisotopic (exact) mass is 296 g/mol. The lowest BCUT2D eigenvalue weighted by Crippen LogP contribution is -1.97. The highest BCUT2D eigenvalue weighted by Gasteiger charge is 2.11. The Balaban J connectivity index is 1.90. The fourth-order valence-corrected chi connectivity index (χ4v) is 2.92. The average molecular weight is 297 g/mol. The van der Waals surface area contributed by atoms with Crippen molar-refractivity contribution in [2.75, 3.05) is 7.11 Å². The van der Waals surface area contributed by atoms with Gasteiger partial charge in [-0.3, -0.25) is 0 Å². The van der Waals surface area contributed by atoms with Gasteiger partial charge in [-0.25, -0.2) is 0 Å². The molecule has 0 heterocycles. The van der Waals surface area contributed by atoms with E-state index in [0.717, 1.165) is 17.7 Å². The summed E-state index contributed by atoms with van der Waals surface area (Å²) in [5.41, 5.74) is 2.36. The van der Waals surface area contributed by atoms with Crippen molar-refractivity contribution in [1.29, 1.82) is 0 Å². The third-order valence-corrected chi connectivity index (χ3v) is 4.14. The second-order valence-corrected chi connectivity index (χ2v) is 5.61. The van der Waals surface area contributed by atoms with Gasteiger partial charge in [0.15, 0.2) is 0 Å². The summed E-state index contributed by atoms with van der Waals surface area (Å²) in [7, 11) is 1.67. The van der Waals surface area contributed by atoms with Gasteiger partial charge in [0.1, 0.15) is 5.75 Å². The molecule has 0 aliphatic rings. The zero-order chi connectivity index (χ0) is 14.7. The fourth-order valence-electron chi connectivity index (χ4n) is 2.62. The molecular weight excluding hydrogens is 280 g/mol. The lowest BCUT2D eigenvalue weighted by Gasteiger charge is -2.13. The van der Waals surface area contributed by atoms with Crippen LogP contribution in [0.3, 0.4) is 0 Å². The van der Waals surface area contributed by atoms with Gasteiger partial charge in [0.05, 0.1) is 12.5 Å². The van der Waals surface area contributed by atoms with E-state index in [4.69, 9.17) is 16.3 Å². The minimum absolute atomic E-state index is 0.0640. The molecule has 0 saturated carbocycles. The zero-order valence-electron chi connectivity index (χ0n) is 11.9. The largest absolute Gasteiger partial charge is 0.497 e. The molecule has 106 valence electrons. The first-order chi connectivity index (χ1) is 10.3. The molecule has 0 N–H and O–H groups in total. The predicted octanol–water partition coefficient (Wildman–Crippen LogP) is 5.37. The molecule has 0 bridgehead atoms. The Morgan fingerprint density at radius 2 is 1.71 bits per heavy atom. The Labute approximate surface area is 130 Å². The summed E-state index contributed by atoms with van der Waals surface area (Å²) >= 11 is 6.61. The van der Waals surface area contributed by atoms with Crippen molar-refractivity contribution in [2.45, 2.75) is 11.8 Å². The molecule has 0 aliphatic heterocycles. The minimum atomic E-state index is -0.0640. The highest BCUT2D eigenvalue weighted by Crippen LogP contribution is 2.30. The van der Waals surface area contributed by atoms with Crippen LogP contribution in [0.4, 0.5) is 0 Å². The van der Waals surface area contributed by atoms with E-state index in [0.29, 0.717) is 0 Å². The molecule has 1 unspecified atom stereocenters. The Kier molecular flexibility index (Phi) is 4.12. The summed E-state index contributed by atoms with van der Waals surface area (Å²) in [5, 5.41) is 2.46. The van der Waals surface area contributed by atoms with E-state index in [1.807, 2.05) is 24.3 Å². The molecule has 1 atom stereocenters. The Morgan fingerprint density at radius 3 is 2.57 bits per heavy atom. The van der Waals surface area contributed by atoms with Crippen LogP contribution >= 0.6 is 11.6 Å². The smallest absolute Gasteiger partial charge is 0.119 e. The van der Waals surface area contributed by atoms with Crippen LogP contribution in [-0.2, 0) is 6.42 Å². The van der Waals surface area contributed by atoms with Crippen molar-refractivity contribution in [1.82, 2.24) is 0 Å². The number of hydrogen-bond donors (Lipinski definition) is 0. The third-order valence-electron chi connectivity index (χ3n) is 3.73. The lowest BCUT2D eigenvalue weighted by atomic mass is 9.98. The molecule has 2 heteroatoms. The van der Waals surface area contributed by atoms with Crippen molar-refractivity contribution in [3.8, 4) is 5.75 Å². The number of benzene rings is 3. The van der Waals surface area contributed by atoms with Gasteiger partial charge < -0.3 is 4.74 Å². The van der Waals surface area contributed by atoms with Crippen LogP contribution in [0.2, 0.25) is 0 Å². The van der Waals surface area contributed by atoms with Gasteiger partial charge in [-0.1, -0.05) is 54.6 Å². The van der Waals surface area contributed by atoms with Crippen LogP contribution in [0.1, 0.15) is 16.5 Å². The maximum Gasteiger partial charge on any atom is 0.119 e. The van der Waals surface area contributed by atoms with Gasteiger partial charge in [0.2, 0.25) is 0 Å². The highest BCUT2D eigenvalue weighted by atomic mass is 35.5. The van der Waals surface area contributed by atoms with Crippen LogP contribution < -0.4 is 4.74 Å². The number of hydrogen-bond acceptors (Lipinski definition) is 1. The molecule has 0 aliphatic carbocycles. The van der Waals surface area contributed by atoms with Gasteiger partial charge in [-0.05, 0) is 40.5 Å². The molecule has 3 rings (SSSR count). The zero-order valence-corrected chi connectivity index (χ0v) is 12.7. The van der Waals surface area contributed by atoms with Gasteiger partial charge in [0, 0.05) is 0 Å². The SMILES string of the molecule is COc1cccc(C(Cl)Cc2cccc3ccccc23)c1. The standard InChI is InChI=1S/C19H17ClO/c1-21-17-10-5-9-16(12-17)19(20)13-15-8-4-7-14-6-2-3-11-18(14)15/h2-12,19H,13H2,1H3. The van der Waals surface area contributed by atoms with Crippen molar-refractivity contribution in [2.24, 2.45) is 0 Å². The van der Waals surface area contributed by atoms with E-state index in [1.54, 1.807) is 7.11 Å². The number of methoxy groups -OCH3 is 1. The Morgan fingerprint density at radius 1 is 0.952 bits per heavy atom. The molecule has 3 aromatic rings. The van der Waals surface area contributed by atoms with Crippen LogP contribution in [0.5, 0.6) is 5.75 Å². The van der Waals surface area contributed by atoms with E-state index in [-0.39, 0.29) is 5.38 Å². The summed E-state index contributed by atoms with van der Waals surface area (Å²) in [6.45, 7) is 0. The fraction of sp³-hybridized carbons (Fsp3) is 0.158. The van der Waals surface area contributed by atoms with Crippen LogP contribution in [0.25, 0.3) is 10.8 Å². The topological polar surface area (TPSA) is 9.23 Å². The van der Waals surface area contributed by atoms with Crippen molar-refractivity contribution in [3.05, 3.63) is 77.9 Å². The first-order valence-corrected chi connectivity index (χ1v) is 7.46. The first kappa shape index (κ1) is 14.0. The Hall–Kier alpha value is -1.99. The maximum absolute atomic E-state index is 6.61. The van der Waals surface area contributed by atoms with E-state index < -0.39 is 0 Å². The summed E-state index contributed by atoms with van der Waals surface area (Å²) in [6.07, 6.45) is 0.802. The molecule has 1 nitrogen and oxygen atoms in total. The summed E-state index contributed by atoms with van der Waals surface area (Å²) in [6, 6.07) is 22.8. The number of halogens is 1. The lowest BCUT2D eigenvalue weighted by molar-refractivity contribution is 0.414. The van der Waals surface area contributed by atoms with Gasteiger partial charge >= 0.3 is 0 Å². The molecule has 0 saturated heterocycles. The predicted molar refractivity (Wildman–Crippen MR) is 89.2 cm³/mol. The maximum atomic E-state index is 6.61. The molecule has 0 aromatic heterocycles. The summed E-state index contributed by atoms with van der Waals surface area (Å²) in [5.74, 6) is 0.844. The van der Waals surface area contributed by atoms with Crippen molar-refractivity contribution < 1.29 is 4.74 Å². The van der Waals surface area contributed by atoms with E-state index in [1.165, 1.54) is 16.3 Å². The molecule has 0 radical (unpaired) electrons. The van der Waals surface area contributed by atoms with E-state index in [9.17, 15) is 0 Å². The van der Waals surface area contributed by atoms with Crippen LogP contribution in [0, 0.1) is 0 Å². The van der Waals surface area contributed by atoms with Crippen molar-refractivity contribution >= 4 is 22.4 Å². The van der Waals surface area contributed by atoms with Crippen LogP contribution in [-0.4, -0.2) is 7.11 Å². The molecule has 21 heavy (non-hydrogen) atoms. The van der Waals surface area contributed by atoms with Crippen molar-refractivity contribution in [3.63, 3.8) is 0 Å². The van der Waals surface area contributed by atoms with Crippen LogP contribution in [0.15, 0.2) is 66.7 Å². The average Bonchev–Trinajstić information content (AvgIpc) is 2.55. The van der Waals surface area contributed by atoms with Gasteiger partial charge in [0.25, 0.3) is 0 Å². The molecule has 0 spiro atoms. The number of ether oxygens (including phenoxy) is 1. The second kappa shape index (κ2) is 6.19. The van der Waals surface area contributed by atoms with Gasteiger partial charge in [-0.2, -0.15) is 0 Å². The molecule has 3 aromatic carbocycles. The van der Waals surface area contributed by atoms with E-state index >= 15 is 0 Å². The normalized spacial score (nSPS) is 12.3. The minimum Gasteiger partial charge on any atom is -0.497 e. The molecule has 0 fully saturated rings. The first-order valence-electron chi connectivity index (χ1n) is 7.02. The quantitative estimate of drug-likeness (QED) is 0.588. The highest BCUT2D eigenvalue weighted by molar-refractivity contribution is 6.21. The third kappa shape index (κ3) is 3.03. The number of rotatable bonds is 4. The van der Waals surface area contributed by atoms with E-state index in [2.05, 4.69) is 42.5 Å². The second-order valence-electron chi connectivity index (χ2n) is 5.09. The molecule has 0 amide bonds.